The first-order valence-electron chi connectivity index (χ1n) is 7.76. The van der Waals surface area contributed by atoms with Crippen LogP contribution < -0.4 is 5.56 Å². The number of unbranched alkanes of at least 4 members (excludes halogenated alkanes) is 1. The zero-order valence-electron chi connectivity index (χ0n) is 13.3. The van der Waals surface area contributed by atoms with Crippen LogP contribution in [0.15, 0.2) is 35.1 Å². The van der Waals surface area contributed by atoms with Crippen molar-refractivity contribution in [2.45, 2.75) is 32.5 Å². The number of nitrogens with zero attached hydrogens (tertiary/aromatic N) is 1. The lowest BCUT2D eigenvalue weighted by molar-refractivity contribution is -0.133. The number of H-pyrrole nitrogens is 1. The molecule has 0 spiro atoms. The van der Waals surface area contributed by atoms with E-state index in [0.717, 1.165) is 12.8 Å². The van der Waals surface area contributed by atoms with Gasteiger partial charge in [0, 0.05) is 12.1 Å². The quantitative estimate of drug-likeness (QED) is 0.594. The molecule has 1 N–H and O–H groups in total. The Morgan fingerprint density at radius 2 is 1.92 bits per heavy atom. The number of halogens is 3. The average Bonchev–Trinajstić information content (AvgIpc) is 2.95. The van der Waals surface area contributed by atoms with E-state index in [9.17, 15) is 18.0 Å². The van der Waals surface area contributed by atoms with Crippen LogP contribution in [0.25, 0.3) is 21.3 Å². The van der Waals surface area contributed by atoms with E-state index in [2.05, 4.69) is 4.98 Å². The van der Waals surface area contributed by atoms with Gasteiger partial charge in [-0.15, -0.1) is 11.3 Å². The van der Waals surface area contributed by atoms with Crippen molar-refractivity contribution in [2.24, 2.45) is 0 Å². The van der Waals surface area contributed by atoms with Gasteiger partial charge in [-0.3, -0.25) is 9.36 Å². The van der Waals surface area contributed by atoms with Crippen LogP contribution in [0.1, 0.15) is 24.6 Å². The van der Waals surface area contributed by atoms with Crippen LogP contribution in [0.3, 0.4) is 0 Å². The van der Waals surface area contributed by atoms with Gasteiger partial charge in [-0.25, -0.2) is 0 Å². The largest absolute Gasteiger partial charge is 0.426 e. The van der Waals surface area contributed by atoms with Gasteiger partial charge < -0.3 is 4.98 Å². The Balaban J connectivity index is 2.38. The van der Waals surface area contributed by atoms with Crippen molar-refractivity contribution in [3.63, 3.8) is 0 Å². The van der Waals surface area contributed by atoms with Crippen LogP contribution in [-0.2, 0) is 12.7 Å². The maximum absolute atomic E-state index is 13.6. The molecule has 2 heterocycles. The van der Waals surface area contributed by atoms with Crippen LogP contribution in [0.4, 0.5) is 13.2 Å². The molecule has 0 radical (unpaired) electrons. The molecule has 25 heavy (non-hydrogen) atoms. The fourth-order valence-electron chi connectivity index (χ4n) is 2.69. The number of aromatic nitrogens is 2. The molecule has 3 aromatic rings. The molecule has 3 nitrogen and oxygen atoms in total. The fraction of sp³-hybridized carbons (Fsp3) is 0.294. The number of aromatic amines is 1. The minimum atomic E-state index is -4.55. The van der Waals surface area contributed by atoms with Gasteiger partial charge in [0.05, 0.1) is 5.52 Å². The number of benzene rings is 1. The molecule has 0 atom stereocenters. The Morgan fingerprint density at radius 1 is 1.24 bits per heavy atom. The predicted octanol–water partition coefficient (Wildman–Crippen LogP) is 5.61. The van der Waals surface area contributed by atoms with Crippen LogP contribution in [0, 0.1) is 4.77 Å². The second-order valence-corrected chi connectivity index (χ2v) is 7.02. The van der Waals surface area contributed by atoms with Gasteiger partial charge in [-0.2, -0.15) is 13.2 Å². The van der Waals surface area contributed by atoms with Crippen molar-refractivity contribution < 1.29 is 13.2 Å². The summed E-state index contributed by atoms with van der Waals surface area (Å²) in [6.07, 6.45) is -2.97. The molecule has 132 valence electrons. The second-order valence-electron chi connectivity index (χ2n) is 5.61. The van der Waals surface area contributed by atoms with Crippen molar-refractivity contribution in [2.75, 3.05) is 0 Å². The van der Waals surface area contributed by atoms with Crippen LogP contribution in [0.5, 0.6) is 0 Å². The number of fused-ring (bicyclic) bond motifs is 1. The summed E-state index contributed by atoms with van der Waals surface area (Å²) < 4.78 is 42.2. The molecular formula is C17H15F3N2OS2. The van der Waals surface area contributed by atoms with Crippen molar-refractivity contribution in [3.8, 4) is 11.1 Å². The van der Waals surface area contributed by atoms with Gasteiger partial charge in [0.2, 0.25) is 0 Å². The summed E-state index contributed by atoms with van der Waals surface area (Å²) in [7, 11) is 0. The summed E-state index contributed by atoms with van der Waals surface area (Å²) in [4.78, 5) is 14.8. The summed E-state index contributed by atoms with van der Waals surface area (Å²) in [5, 5.41) is 0. The van der Waals surface area contributed by atoms with Gasteiger partial charge in [0.1, 0.15) is 9.58 Å². The summed E-state index contributed by atoms with van der Waals surface area (Å²) in [6, 6.07) is 8.24. The van der Waals surface area contributed by atoms with E-state index in [0.29, 0.717) is 23.4 Å². The predicted molar refractivity (Wildman–Crippen MR) is 96.6 cm³/mol. The molecule has 0 saturated heterocycles. The third kappa shape index (κ3) is 3.28. The average molecular weight is 384 g/mol. The van der Waals surface area contributed by atoms with Crippen LogP contribution in [-0.4, -0.2) is 9.55 Å². The van der Waals surface area contributed by atoms with E-state index in [1.165, 1.54) is 4.57 Å². The van der Waals surface area contributed by atoms with E-state index in [1.807, 2.05) is 6.92 Å². The van der Waals surface area contributed by atoms with Crippen molar-refractivity contribution in [3.05, 3.63) is 50.3 Å². The molecule has 0 unspecified atom stereocenters. The number of rotatable bonds is 4. The minimum absolute atomic E-state index is 0.0149. The van der Waals surface area contributed by atoms with Crippen molar-refractivity contribution >= 4 is 33.8 Å². The molecule has 8 heteroatoms. The Morgan fingerprint density at radius 3 is 2.52 bits per heavy atom. The number of hydrogen-bond donors (Lipinski definition) is 1. The molecule has 0 amide bonds. The molecular weight excluding hydrogens is 369 g/mol. The summed E-state index contributed by atoms with van der Waals surface area (Å²) in [5.74, 6) is 0. The first-order chi connectivity index (χ1) is 11.8. The lowest BCUT2D eigenvalue weighted by Gasteiger charge is -2.09. The maximum atomic E-state index is 13.6. The van der Waals surface area contributed by atoms with Crippen molar-refractivity contribution in [1.82, 2.24) is 9.55 Å². The van der Waals surface area contributed by atoms with Gasteiger partial charge in [-0.05, 0) is 24.2 Å². The molecule has 0 aliphatic heterocycles. The van der Waals surface area contributed by atoms with Gasteiger partial charge in [0.15, 0.2) is 4.77 Å². The number of thiophene rings is 1. The monoisotopic (exact) mass is 384 g/mol. The lowest BCUT2D eigenvalue weighted by atomic mass is 10.1. The summed E-state index contributed by atoms with van der Waals surface area (Å²) in [6.45, 7) is 2.36. The van der Waals surface area contributed by atoms with Gasteiger partial charge in [0.25, 0.3) is 5.56 Å². The SMILES string of the molecule is CCCCn1c(=S)[nH]c2c(-c3ccccc3)c(C(F)(F)F)sc2c1=O. The topological polar surface area (TPSA) is 37.8 Å². The molecule has 0 saturated carbocycles. The van der Waals surface area contributed by atoms with E-state index in [4.69, 9.17) is 12.2 Å². The molecule has 0 bridgehead atoms. The lowest BCUT2D eigenvalue weighted by Crippen LogP contribution is -2.21. The maximum Gasteiger partial charge on any atom is 0.426 e. The van der Waals surface area contributed by atoms with E-state index in [-0.39, 0.29) is 20.6 Å². The normalized spacial score (nSPS) is 12.0. The Hall–Kier alpha value is -1.93. The Bertz CT molecular complexity index is 1020. The third-order valence-corrected chi connectivity index (χ3v) is 5.42. The molecule has 2 aromatic heterocycles. The highest BCUT2D eigenvalue weighted by molar-refractivity contribution is 7.71. The minimum Gasteiger partial charge on any atom is -0.330 e. The Kier molecular flexibility index (Phi) is 4.83. The van der Waals surface area contributed by atoms with E-state index >= 15 is 0 Å². The highest BCUT2D eigenvalue weighted by Gasteiger charge is 2.38. The number of nitrogens with one attached hydrogen (secondary N) is 1. The highest BCUT2D eigenvalue weighted by Crippen LogP contribution is 2.45. The molecule has 0 fully saturated rings. The molecule has 0 aliphatic carbocycles. The summed E-state index contributed by atoms with van der Waals surface area (Å²) in [5.41, 5.74) is 0.0764. The van der Waals surface area contributed by atoms with Gasteiger partial charge in [-0.1, -0.05) is 43.7 Å². The molecule has 0 aliphatic rings. The first-order valence-corrected chi connectivity index (χ1v) is 8.99. The third-order valence-electron chi connectivity index (χ3n) is 3.88. The Labute approximate surface area is 150 Å². The fourth-order valence-corrected chi connectivity index (χ4v) is 4.06. The first kappa shape index (κ1) is 17.9. The summed E-state index contributed by atoms with van der Waals surface area (Å²) >= 11 is 5.70. The molecule has 1 aromatic carbocycles. The van der Waals surface area contributed by atoms with Gasteiger partial charge >= 0.3 is 6.18 Å². The van der Waals surface area contributed by atoms with Crippen LogP contribution >= 0.6 is 23.6 Å². The standard InChI is InChI=1S/C17H15F3N2OS2/c1-2-3-9-22-15(23)13-12(21-16(22)24)11(10-7-5-4-6-8-10)14(25-13)17(18,19)20/h4-8H,2-3,9H2,1H3,(H,21,24). The number of hydrogen-bond acceptors (Lipinski definition) is 3. The van der Waals surface area contributed by atoms with Crippen molar-refractivity contribution in [1.29, 1.82) is 0 Å². The highest BCUT2D eigenvalue weighted by atomic mass is 32.1. The second kappa shape index (κ2) is 6.76. The zero-order valence-corrected chi connectivity index (χ0v) is 14.9. The molecule has 3 rings (SSSR count). The van der Waals surface area contributed by atoms with E-state index < -0.39 is 16.6 Å². The van der Waals surface area contributed by atoms with Crippen LogP contribution in [0.2, 0.25) is 0 Å². The van der Waals surface area contributed by atoms with E-state index in [1.54, 1.807) is 30.3 Å². The smallest absolute Gasteiger partial charge is 0.330 e. The zero-order chi connectivity index (χ0) is 18.2. The number of alkyl halides is 3.